The highest BCUT2D eigenvalue weighted by atomic mass is 28.4. The fourth-order valence-electron chi connectivity index (χ4n) is 3.92. The van der Waals surface area contributed by atoms with Crippen LogP contribution in [0.5, 0.6) is 0 Å². The van der Waals surface area contributed by atoms with Crippen LogP contribution in [0.3, 0.4) is 0 Å². The maximum atomic E-state index is 5.81. The Morgan fingerprint density at radius 3 is 0.875 bits per heavy atom. The molecule has 0 atom stereocenters. The molecule has 0 aromatic heterocycles. The maximum Gasteiger partial charge on any atom is 0.500 e. The van der Waals surface area contributed by atoms with Crippen molar-refractivity contribution in [3.63, 3.8) is 0 Å². The third-order valence-electron chi connectivity index (χ3n) is 5.46. The summed E-state index contributed by atoms with van der Waals surface area (Å²) < 4.78 is 34.9. The van der Waals surface area contributed by atoms with Gasteiger partial charge in [-0.25, -0.2) is 0 Å². The molecule has 8 N–H and O–H groups in total. The van der Waals surface area contributed by atoms with E-state index in [1.54, 1.807) is 0 Å². The lowest BCUT2D eigenvalue weighted by molar-refractivity contribution is 0.0700. The molecular weight excluding hydrogens is 548 g/mol. The van der Waals surface area contributed by atoms with Gasteiger partial charge in [-0.3, -0.25) is 0 Å². The summed E-state index contributed by atoms with van der Waals surface area (Å²) in [5.41, 5.74) is 10.8. The van der Waals surface area contributed by atoms with Crippen molar-refractivity contribution in [3.05, 3.63) is 0 Å². The fraction of sp³-hybridized carbons (Fsp3) is 1.00. The van der Waals surface area contributed by atoms with Gasteiger partial charge in [0.15, 0.2) is 0 Å². The summed E-state index contributed by atoms with van der Waals surface area (Å²) in [7, 11) is -4.90. The number of hydrogen-bond acceptors (Lipinski definition) is 12. The average molecular weight is 615 g/mol. The Morgan fingerprint density at radius 2 is 0.650 bits per heavy atom. The number of nitrogens with two attached hydrogens (primary N) is 2. The van der Waals surface area contributed by atoms with E-state index in [1.807, 2.05) is 41.5 Å². The number of nitrogens with one attached hydrogen (secondary N) is 4. The molecule has 0 unspecified atom stereocenters. The molecule has 0 bridgehead atoms. The lowest BCUT2D eigenvalue weighted by Crippen LogP contribution is -2.46. The monoisotopic (exact) mass is 614 g/mol. The minimum absolute atomic E-state index is 0.642. The van der Waals surface area contributed by atoms with E-state index in [0.29, 0.717) is 52.7 Å². The molecule has 0 saturated carbocycles. The molecule has 12 nitrogen and oxygen atoms in total. The molecule has 40 heavy (non-hydrogen) atoms. The van der Waals surface area contributed by atoms with Crippen LogP contribution >= 0.6 is 0 Å². The predicted molar refractivity (Wildman–Crippen MR) is 170 cm³/mol. The van der Waals surface area contributed by atoms with Gasteiger partial charge in [-0.2, -0.15) is 0 Å². The summed E-state index contributed by atoms with van der Waals surface area (Å²) in [5, 5.41) is 13.3. The zero-order valence-electron chi connectivity index (χ0n) is 26.7. The van der Waals surface area contributed by atoms with Gasteiger partial charge in [-0.1, -0.05) is 0 Å². The number of rotatable bonds is 30. The van der Waals surface area contributed by atoms with Crippen molar-refractivity contribution >= 4 is 17.6 Å². The molecule has 0 saturated heterocycles. The molecule has 0 radical (unpaired) electrons. The van der Waals surface area contributed by atoms with Gasteiger partial charge < -0.3 is 59.3 Å². The highest BCUT2D eigenvalue weighted by Crippen LogP contribution is 2.18. The Bertz CT molecular complexity index is 431. The normalized spacial score (nSPS) is 12.0. The Hall–Kier alpha value is -0.0462. The van der Waals surface area contributed by atoms with Gasteiger partial charge in [0.2, 0.25) is 0 Å². The standard InChI is InChI=1S/2C13H33N3O3Si/c2*1-4-17-20(18-5-2,19-6-3)13-7-9-15-11-12-16-10-8-14/h2*15-16H,4-14H2,1-3H3. The van der Waals surface area contributed by atoms with Gasteiger partial charge in [-0.15, -0.1) is 0 Å². The molecule has 0 heterocycles. The summed E-state index contributed by atoms with van der Waals surface area (Å²) in [4.78, 5) is 0. The van der Waals surface area contributed by atoms with Gasteiger partial charge in [0.1, 0.15) is 0 Å². The summed E-state index contributed by atoms with van der Waals surface area (Å²) in [6.45, 7) is 24.6. The smallest absolute Gasteiger partial charge is 0.374 e. The minimum atomic E-state index is -2.45. The van der Waals surface area contributed by atoms with Crippen LogP contribution in [-0.2, 0) is 26.6 Å². The first kappa shape index (κ1) is 42.1. The van der Waals surface area contributed by atoms with E-state index in [-0.39, 0.29) is 0 Å². The van der Waals surface area contributed by atoms with Crippen LogP contribution in [0.4, 0.5) is 0 Å². The van der Waals surface area contributed by atoms with Crippen molar-refractivity contribution in [1.29, 1.82) is 0 Å². The molecule has 0 aliphatic carbocycles. The maximum absolute atomic E-state index is 5.81. The Kier molecular flexibility index (Phi) is 33.5. The van der Waals surface area contributed by atoms with Crippen LogP contribution in [0.1, 0.15) is 54.4 Å². The summed E-state index contributed by atoms with van der Waals surface area (Å²) in [5.74, 6) is 0. The lowest BCUT2D eigenvalue weighted by atomic mass is 10.4. The van der Waals surface area contributed by atoms with Crippen molar-refractivity contribution in [3.8, 4) is 0 Å². The Balaban J connectivity index is 0. The highest BCUT2D eigenvalue weighted by molar-refractivity contribution is 6.61. The van der Waals surface area contributed by atoms with Crippen molar-refractivity contribution < 1.29 is 26.6 Å². The first-order chi connectivity index (χ1) is 19.5. The second-order valence-corrected chi connectivity index (χ2v) is 14.2. The molecule has 0 rings (SSSR count). The third-order valence-corrected chi connectivity index (χ3v) is 11.8. The molecule has 0 aliphatic heterocycles. The van der Waals surface area contributed by atoms with E-state index < -0.39 is 17.6 Å². The predicted octanol–water partition coefficient (Wildman–Crippen LogP) is 1.13. The topological polar surface area (TPSA) is 156 Å². The van der Waals surface area contributed by atoms with E-state index in [2.05, 4.69) is 21.3 Å². The van der Waals surface area contributed by atoms with Crippen molar-refractivity contribution in [2.45, 2.75) is 66.5 Å². The van der Waals surface area contributed by atoms with E-state index in [0.717, 1.165) is 77.3 Å². The van der Waals surface area contributed by atoms with Crippen molar-refractivity contribution in [2.75, 3.05) is 105 Å². The highest BCUT2D eigenvalue weighted by Gasteiger charge is 2.40. The first-order valence-electron chi connectivity index (χ1n) is 15.6. The SMILES string of the molecule is CCO[Si](CCCNCCNCCN)(OCC)OCC.CCO[Si](CCCNCCNCCN)(OCC)OCC. The van der Waals surface area contributed by atoms with Crippen LogP contribution < -0.4 is 32.7 Å². The zero-order chi connectivity index (χ0) is 30.2. The summed E-state index contributed by atoms with van der Waals surface area (Å²) in [6, 6.07) is 1.73. The second-order valence-electron chi connectivity index (χ2n) is 8.75. The molecule has 0 aromatic carbocycles. The van der Waals surface area contributed by atoms with Crippen LogP contribution in [-0.4, -0.2) is 123 Å². The van der Waals surface area contributed by atoms with Gasteiger partial charge in [-0.05, 0) is 67.5 Å². The second kappa shape index (κ2) is 31.9. The molecule has 0 spiro atoms. The van der Waals surface area contributed by atoms with Gasteiger partial charge in [0.05, 0.1) is 0 Å². The average Bonchev–Trinajstić information content (AvgIpc) is 2.93. The van der Waals surface area contributed by atoms with Crippen molar-refractivity contribution in [1.82, 2.24) is 21.3 Å². The molecule has 0 aliphatic rings. The van der Waals surface area contributed by atoms with Gasteiger partial charge in [0, 0.05) is 104 Å². The first-order valence-corrected chi connectivity index (χ1v) is 19.4. The van der Waals surface area contributed by atoms with E-state index in [4.69, 9.17) is 38.0 Å². The van der Waals surface area contributed by atoms with E-state index >= 15 is 0 Å². The van der Waals surface area contributed by atoms with E-state index in [1.165, 1.54) is 0 Å². The molecule has 0 fully saturated rings. The largest absolute Gasteiger partial charge is 0.500 e. The molecule has 0 aromatic rings. The number of hydrogen-bond donors (Lipinski definition) is 6. The quantitative estimate of drug-likeness (QED) is 0.0507. The molecule has 244 valence electrons. The zero-order valence-corrected chi connectivity index (χ0v) is 28.7. The summed E-state index contributed by atoms with van der Waals surface area (Å²) >= 11 is 0. The molecule has 0 amide bonds. The lowest BCUT2D eigenvalue weighted by Gasteiger charge is -2.28. The third kappa shape index (κ3) is 24.5. The van der Waals surface area contributed by atoms with Gasteiger partial charge >= 0.3 is 17.6 Å². The fourth-order valence-corrected chi connectivity index (χ4v) is 9.14. The van der Waals surface area contributed by atoms with Crippen LogP contribution in [0, 0.1) is 0 Å². The van der Waals surface area contributed by atoms with Crippen LogP contribution in [0.2, 0.25) is 12.1 Å². The minimum Gasteiger partial charge on any atom is -0.374 e. The molecule has 14 heteroatoms. The van der Waals surface area contributed by atoms with E-state index in [9.17, 15) is 0 Å². The van der Waals surface area contributed by atoms with Gasteiger partial charge in [0.25, 0.3) is 0 Å². The van der Waals surface area contributed by atoms with Crippen molar-refractivity contribution in [2.24, 2.45) is 11.5 Å². The van der Waals surface area contributed by atoms with Crippen LogP contribution in [0.15, 0.2) is 0 Å². The Labute approximate surface area is 248 Å². The van der Waals surface area contributed by atoms with Crippen LogP contribution in [0.25, 0.3) is 0 Å². The summed E-state index contributed by atoms with van der Waals surface area (Å²) in [6.07, 6.45) is 2.01. The Morgan fingerprint density at radius 1 is 0.400 bits per heavy atom. The molecular formula is C26H66N6O6Si2.